The SMILES string of the molecule is CCOc1cc2c(cc1OCC)[C@@H](c1ccccc1C)[NH2+]CC2. The first kappa shape index (κ1) is 15.9. The Labute approximate surface area is 138 Å². The molecule has 0 unspecified atom stereocenters. The zero-order valence-corrected chi connectivity index (χ0v) is 14.3. The molecule has 0 saturated heterocycles. The van der Waals surface area contributed by atoms with Crippen molar-refractivity contribution in [2.75, 3.05) is 19.8 Å². The van der Waals surface area contributed by atoms with Crippen LogP contribution in [0.4, 0.5) is 0 Å². The highest BCUT2D eigenvalue weighted by Crippen LogP contribution is 2.36. The average Bonchev–Trinajstić information content (AvgIpc) is 2.56. The number of aryl methyl sites for hydroxylation is 1. The van der Waals surface area contributed by atoms with Crippen LogP contribution in [0.15, 0.2) is 36.4 Å². The molecule has 3 heteroatoms. The van der Waals surface area contributed by atoms with E-state index in [1.165, 1.54) is 22.3 Å². The molecule has 1 aliphatic heterocycles. The van der Waals surface area contributed by atoms with Gasteiger partial charge in [0.25, 0.3) is 0 Å². The van der Waals surface area contributed by atoms with Crippen LogP contribution < -0.4 is 14.8 Å². The Morgan fingerprint density at radius 2 is 1.70 bits per heavy atom. The molecule has 0 aliphatic carbocycles. The predicted octanol–water partition coefficient (Wildman–Crippen LogP) is 3.00. The van der Waals surface area contributed by atoms with Crippen molar-refractivity contribution in [1.82, 2.24) is 0 Å². The summed E-state index contributed by atoms with van der Waals surface area (Å²) in [5, 5.41) is 2.43. The van der Waals surface area contributed by atoms with Crippen LogP contribution in [0.5, 0.6) is 11.5 Å². The lowest BCUT2D eigenvalue weighted by atomic mass is 9.87. The highest BCUT2D eigenvalue weighted by molar-refractivity contribution is 5.51. The van der Waals surface area contributed by atoms with Crippen molar-refractivity contribution in [3.8, 4) is 11.5 Å². The highest BCUT2D eigenvalue weighted by Gasteiger charge is 2.28. The smallest absolute Gasteiger partial charge is 0.161 e. The Balaban J connectivity index is 2.07. The van der Waals surface area contributed by atoms with Crippen molar-refractivity contribution < 1.29 is 14.8 Å². The molecule has 3 nitrogen and oxygen atoms in total. The Bertz CT molecular complexity index is 681. The van der Waals surface area contributed by atoms with E-state index in [2.05, 4.69) is 48.6 Å². The summed E-state index contributed by atoms with van der Waals surface area (Å²) in [5.74, 6) is 1.74. The maximum absolute atomic E-state index is 5.83. The van der Waals surface area contributed by atoms with Crippen LogP contribution in [0, 0.1) is 6.92 Å². The maximum Gasteiger partial charge on any atom is 0.161 e. The van der Waals surface area contributed by atoms with Gasteiger partial charge in [0, 0.05) is 17.5 Å². The first-order valence-electron chi connectivity index (χ1n) is 8.55. The molecule has 2 aromatic carbocycles. The number of fused-ring (bicyclic) bond motifs is 1. The van der Waals surface area contributed by atoms with Gasteiger partial charge in [0.05, 0.1) is 19.8 Å². The van der Waals surface area contributed by atoms with E-state index in [1.54, 1.807) is 0 Å². The number of ether oxygens (including phenoxy) is 2. The third-order valence-corrected chi connectivity index (χ3v) is 4.48. The number of hydrogen-bond donors (Lipinski definition) is 1. The summed E-state index contributed by atoms with van der Waals surface area (Å²) in [7, 11) is 0. The van der Waals surface area contributed by atoms with Crippen molar-refractivity contribution in [1.29, 1.82) is 0 Å². The molecule has 23 heavy (non-hydrogen) atoms. The van der Waals surface area contributed by atoms with E-state index in [1.807, 2.05) is 13.8 Å². The molecule has 0 saturated carbocycles. The van der Waals surface area contributed by atoms with Gasteiger partial charge in [-0.05, 0) is 44.0 Å². The number of benzene rings is 2. The van der Waals surface area contributed by atoms with Crippen LogP contribution in [-0.2, 0) is 6.42 Å². The van der Waals surface area contributed by atoms with E-state index in [9.17, 15) is 0 Å². The topological polar surface area (TPSA) is 35.1 Å². The molecule has 0 spiro atoms. The fraction of sp³-hybridized carbons (Fsp3) is 0.400. The molecule has 0 radical (unpaired) electrons. The summed E-state index contributed by atoms with van der Waals surface area (Å²) in [6, 6.07) is 13.4. The summed E-state index contributed by atoms with van der Waals surface area (Å²) in [6.07, 6.45) is 1.07. The molecule has 1 heterocycles. The first-order valence-corrected chi connectivity index (χ1v) is 8.55. The molecular formula is C20H26NO2+. The third kappa shape index (κ3) is 3.20. The number of rotatable bonds is 5. The predicted molar refractivity (Wildman–Crippen MR) is 92.3 cm³/mol. The summed E-state index contributed by atoms with van der Waals surface area (Å²) in [4.78, 5) is 0. The van der Waals surface area contributed by atoms with Crippen molar-refractivity contribution in [2.45, 2.75) is 33.2 Å². The van der Waals surface area contributed by atoms with Gasteiger partial charge in [0.15, 0.2) is 11.5 Å². The van der Waals surface area contributed by atoms with E-state index >= 15 is 0 Å². The molecule has 122 valence electrons. The lowest BCUT2D eigenvalue weighted by Crippen LogP contribution is -2.87. The standard InChI is InChI=1S/C20H25NO2/c1-4-22-18-12-15-10-11-21-20(16-9-7-6-8-14(16)3)17(15)13-19(18)23-5-2/h6-9,12-13,20-21H,4-5,10-11H2,1-3H3/p+1/t20-/m1/s1. The molecular weight excluding hydrogens is 286 g/mol. The fourth-order valence-corrected chi connectivity index (χ4v) is 3.42. The Morgan fingerprint density at radius 1 is 1.00 bits per heavy atom. The zero-order valence-electron chi connectivity index (χ0n) is 14.3. The van der Waals surface area contributed by atoms with Gasteiger partial charge < -0.3 is 14.8 Å². The lowest BCUT2D eigenvalue weighted by Gasteiger charge is -2.27. The number of quaternary nitrogens is 1. The van der Waals surface area contributed by atoms with Gasteiger partial charge >= 0.3 is 0 Å². The summed E-state index contributed by atoms with van der Waals surface area (Å²) >= 11 is 0. The minimum atomic E-state index is 0.342. The Hall–Kier alpha value is -2.00. The normalized spacial score (nSPS) is 16.7. The minimum Gasteiger partial charge on any atom is -0.490 e. The van der Waals surface area contributed by atoms with Gasteiger partial charge in [-0.1, -0.05) is 24.3 Å². The summed E-state index contributed by atoms with van der Waals surface area (Å²) in [6.45, 7) is 8.63. The van der Waals surface area contributed by atoms with Gasteiger partial charge in [-0.15, -0.1) is 0 Å². The van der Waals surface area contributed by atoms with Gasteiger partial charge in [-0.2, -0.15) is 0 Å². The summed E-state index contributed by atoms with van der Waals surface area (Å²) in [5.41, 5.74) is 5.47. The second-order valence-electron chi connectivity index (χ2n) is 5.97. The fourth-order valence-electron chi connectivity index (χ4n) is 3.42. The maximum atomic E-state index is 5.83. The Morgan fingerprint density at radius 3 is 2.39 bits per heavy atom. The highest BCUT2D eigenvalue weighted by atomic mass is 16.5. The molecule has 2 N–H and O–H groups in total. The molecule has 0 aromatic heterocycles. The second kappa shape index (κ2) is 7.05. The largest absolute Gasteiger partial charge is 0.490 e. The van der Waals surface area contributed by atoms with E-state index in [4.69, 9.17) is 9.47 Å². The molecule has 0 amide bonds. The monoisotopic (exact) mass is 312 g/mol. The van der Waals surface area contributed by atoms with Gasteiger partial charge in [-0.25, -0.2) is 0 Å². The van der Waals surface area contributed by atoms with Crippen LogP contribution in [0.2, 0.25) is 0 Å². The van der Waals surface area contributed by atoms with Crippen LogP contribution in [0.25, 0.3) is 0 Å². The summed E-state index contributed by atoms with van der Waals surface area (Å²) < 4.78 is 11.6. The Kier molecular flexibility index (Phi) is 4.87. The molecule has 2 aromatic rings. The average molecular weight is 312 g/mol. The molecule has 1 aliphatic rings. The number of hydrogen-bond acceptors (Lipinski definition) is 2. The van der Waals surface area contributed by atoms with Crippen LogP contribution in [0.3, 0.4) is 0 Å². The molecule has 0 fully saturated rings. The lowest BCUT2D eigenvalue weighted by molar-refractivity contribution is -0.690. The van der Waals surface area contributed by atoms with Crippen molar-refractivity contribution in [2.24, 2.45) is 0 Å². The van der Waals surface area contributed by atoms with E-state index in [0.29, 0.717) is 19.3 Å². The van der Waals surface area contributed by atoms with Crippen LogP contribution in [-0.4, -0.2) is 19.8 Å². The van der Waals surface area contributed by atoms with E-state index in [-0.39, 0.29) is 0 Å². The molecule has 3 rings (SSSR count). The van der Waals surface area contributed by atoms with Gasteiger partial charge in [0.2, 0.25) is 0 Å². The van der Waals surface area contributed by atoms with Crippen LogP contribution in [0.1, 0.15) is 42.1 Å². The van der Waals surface area contributed by atoms with Gasteiger partial charge in [-0.3, -0.25) is 0 Å². The minimum absolute atomic E-state index is 0.342. The van der Waals surface area contributed by atoms with Crippen molar-refractivity contribution in [3.05, 3.63) is 58.7 Å². The second-order valence-corrected chi connectivity index (χ2v) is 5.97. The molecule has 0 bridgehead atoms. The number of nitrogens with two attached hydrogens (primary N) is 1. The van der Waals surface area contributed by atoms with Crippen LogP contribution >= 0.6 is 0 Å². The van der Waals surface area contributed by atoms with E-state index in [0.717, 1.165) is 24.5 Å². The quantitative estimate of drug-likeness (QED) is 0.921. The third-order valence-electron chi connectivity index (χ3n) is 4.48. The van der Waals surface area contributed by atoms with Crippen molar-refractivity contribution >= 4 is 0 Å². The zero-order chi connectivity index (χ0) is 16.2. The molecule has 1 atom stereocenters. The van der Waals surface area contributed by atoms with E-state index < -0.39 is 0 Å². The van der Waals surface area contributed by atoms with Crippen molar-refractivity contribution in [3.63, 3.8) is 0 Å². The first-order chi connectivity index (χ1) is 11.2. The van der Waals surface area contributed by atoms with Gasteiger partial charge in [0.1, 0.15) is 6.04 Å².